The molecule has 0 amide bonds. The molecule has 0 spiro atoms. The highest BCUT2D eigenvalue weighted by Gasteiger charge is 1.95. The van der Waals surface area contributed by atoms with Crippen LogP contribution in [0.15, 0.2) is 59.5 Å². The summed E-state index contributed by atoms with van der Waals surface area (Å²) in [6.45, 7) is 0. The van der Waals surface area contributed by atoms with Crippen molar-refractivity contribution in [3.8, 4) is 0 Å². The molecule has 0 bridgehead atoms. The summed E-state index contributed by atoms with van der Waals surface area (Å²) in [5.74, 6) is 0. The number of thioether (sulfide) groups is 1. The van der Waals surface area contributed by atoms with Gasteiger partial charge in [0, 0.05) is 4.90 Å². The first-order valence-electron chi connectivity index (χ1n) is 5.30. The van der Waals surface area contributed by atoms with Crippen LogP contribution in [0.3, 0.4) is 0 Å². The Morgan fingerprint density at radius 3 is 2.25 bits per heavy atom. The van der Waals surface area contributed by atoms with E-state index in [9.17, 15) is 0 Å². The molecule has 1 unspecified atom stereocenters. The Hall–Kier alpha value is -0.780. The van der Waals surface area contributed by atoms with Crippen molar-refractivity contribution in [3.63, 3.8) is 0 Å². The number of benzene rings is 2. The van der Waals surface area contributed by atoms with Crippen molar-refractivity contribution in [2.24, 2.45) is 0 Å². The maximum Gasteiger partial charge on any atom is 0.00693 e. The van der Waals surface area contributed by atoms with Gasteiger partial charge in [-0.05, 0) is 35.4 Å². The molecule has 0 aliphatic rings. The van der Waals surface area contributed by atoms with Gasteiger partial charge < -0.3 is 0 Å². The number of hydrogen-bond acceptors (Lipinski definition) is 1. The summed E-state index contributed by atoms with van der Waals surface area (Å²) in [4.78, 5) is 1.34. The Balaban J connectivity index is 1.94. The van der Waals surface area contributed by atoms with Gasteiger partial charge in [-0.3, -0.25) is 0 Å². The smallest absolute Gasteiger partial charge is 0.00693 e. The quantitative estimate of drug-likeness (QED) is 0.582. The molecule has 0 fully saturated rings. The summed E-state index contributed by atoms with van der Waals surface area (Å²) >= 11 is 1.79. The van der Waals surface area contributed by atoms with Gasteiger partial charge in [0.05, 0.1) is 0 Å². The summed E-state index contributed by atoms with van der Waals surface area (Å²) in [5.41, 5.74) is 1.43. The van der Waals surface area contributed by atoms with E-state index in [2.05, 4.69) is 60.9 Å². The molecule has 16 heavy (non-hydrogen) atoms. The predicted molar refractivity (Wildman–Crippen MR) is 76.3 cm³/mol. The van der Waals surface area contributed by atoms with Crippen molar-refractivity contribution in [1.82, 2.24) is 0 Å². The van der Waals surface area contributed by atoms with Crippen molar-refractivity contribution in [2.45, 2.75) is 11.1 Å². The van der Waals surface area contributed by atoms with E-state index in [4.69, 9.17) is 0 Å². The van der Waals surface area contributed by atoms with Crippen LogP contribution in [0.4, 0.5) is 0 Å². The third-order valence-electron chi connectivity index (χ3n) is 2.43. The number of rotatable bonds is 4. The monoisotopic (exact) mass is 246 g/mol. The van der Waals surface area contributed by atoms with E-state index in [1.165, 1.54) is 15.8 Å². The Morgan fingerprint density at radius 1 is 0.938 bits per heavy atom. The molecule has 2 heteroatoms. The Morgan fingerprint density at radius 2 is 1.62 bits per heavy atom. The lowest BCUT2D eigenvalue weighted by atomic mass is 10.2. The zero-order valence-electron chi connectivity index (χ0n) is 9.31. The lowest BCUT2D eigenvalue weighted by Gasteiger charge is -2.03. The summed E-state index contributed by atoms with van der Waals surface area (Å²) in [7, 11) is 0.873. The molecule has 0 aromatic heterocycles. The Bertz CT molecular complexity index is 422. The van der Waals surface area contributed by atoms with Crippen LogP contribution in [0.2, 0.25) is 0 Å². The van der Waals surface area contributed by atoms with Crippen molar-refractivity contribution in [3.05, 3.63) is 60.2 Å². The Labute approximate surface area is 103 Å². The van der Waals surface area contributed by atoms with E-state index in [0.717, 1.165) is 14.7 Å². The van der Waals surface area contributed by atoms with Gasteiger partial charge in [-0.15, -0.1) is 11.8 Å². The molecule has 1 atom stereocenters. The molecule has 0 radical (unpaired) electrons. The van der Waals surface area contributed by atoms with Gasteiger partial charge in [-0.25, -0.2) is 0 Å². The molecule has 0 aliphatic heterocycles. The minimum absolute atomic E-state index is 0.873. The average molecular weight is 246 g/mol. The lowest BCUT2D eigenvalue weighted by Crippen LogP contribution is -1.92. The van der Waals surface area contributed by atoms with Crippen molar-refractivity contribution in [2.75, 3.05) is 6.26 Å². The molecular formula is C14H15PS. The zero-order valence-corrected chi connectivity index (χ0v) is 11.1. The fourth-order valence-electron chi connectivity index (χ4n) is 1.50. The first-order chi connectivity index (χ1) is 7.88. The van der Waals surface area contributed by atoms with Gasteiger partial charge in [-0.2, -0.15) is 0 Å². The van der Waals surface area contributed by atoms with Crippen LogP contribution in [-0.4, -0.2) is 6.26 Å². The van der Waals surface area contributed by atoms with Crippen LogP contribution in [0, 0.1) is 0 Å². The van der Waals surface area contributed by atoms with E-state index in [1.807, 2.05) is 0 Å². The predicted octanol–water partition coefficient (Wildman–Crippen LogP) is 3.91. The molecule has 0 heterocycles. The van der Waals surface area contributed by atoms with E-state index in [1.54, 1.807) is 11.8 Å². The molecule has 2 aromatic rings. The van der Waals surface area contributed by atoms with Crippen LogP contribution in [0.1, 0.15) is 5.56 Å². The first-order valence-corrected chi connectivity index (χ1v) is 7.73. The molecular weight excluding hydrogens is 231 g/mol. The topological polar surface area (TPSA) is 0 Å². The summed E-state index contributed by atoms with van der Waals surface area (Å²) in [6, 6.07) is 19.6. The Kier molecular flexibility index (Phi) is 4.44. The molecule has 2 aromatic carbocycles. The van der Waals surface area contributed by atoms with Gasteiger partial charge >= 0.3 is 0 Å². The van der Waals surface area contributed by atoms with E-state index in [-0.39, 0.29) is 0 Å². The maximum atomic E-state index is 2.24. The second-order valence-corrected chi connectivity index (χ2v) is 5.73. The first kappa shape index (κ1) is 11.7. The maximum absolute atomic E-state index is 2.24. The molecule has 0 N–H and O–H groups in total. The molecule has 82 valence electrons. The standard InChI is InChI=1S/C14H15PS/c1-16-14-9-7-12(8-10-14)11-15-13-5-3-2-4-6-13/h2-10,15H,11H2,1H3. The van der Waals surface area contributed by atoms with Crippen LogP contribution in [0.25, 0.3) is 0 Å². The highest BCUT2D eigenvalue weighted by molar-refractivity contribution is 7.98. The second-order valence-electron chi connectivity index (χ2n) is 3.57. The summed E-state index contributed by atoms with van der Waals surface area (Å²) in [5, 5.41) is 1.44. The highest BCUT2D eigenvalue weighted by Crippen LogP contribution is 2.21. The molecule has 2 rings (SSSR count). The SMILES string of the molecule is CSc1ccc(CPc2ccccc2)cc1. The fraction of sp³-hybridized carbons (Fsp3) is 0.143. The zero-order chi connectivity index (χ0) is 11.2. The van der Waals surface area contributed by atoms with Crippen LogP contribution in [-0.2, 0) is 6.16 Å². The third-order valence-corrected chi connectivity index (χ3v) is 4.50. The van der Waals surface area contributed by atoms with Gasteiger partial charge in [-0.1, -0.05) is 51.0 Å². The summed E-state index contributed by atoms with van der Waals surface area (Å²) in [6.07, 6.45) is 3.26. The van der Waals surface area contributed by atoms with Crippen LogP contribution in [0.5, 0.6) is 0 Å². The van der Waals surface area contributed by atoms with Gasteiger partial charge in [0.15, 0.2) is 0 Å². The minimum atomic E-state index is 0.873. The van der Waals surface area contributed by atoms with Gasteiger partial charge in [0.2, 0.25) is 0 Å². The normalized spacial score (nSPS) is 11.1. The average Bonchev–Trinajstić information content (AvgIpc) is 2.38. The van der Waals surface area contributed by atoms with Crippen molar-refractivity contribution >= 4 is 25.6 Å². The molecule has 0 nitrogen and oxygen atoms in total. The van der Waals surface area contributed by atoms with Gasteiger partial charge in [0.1, 0.15) is 0 Å². The minimum Gasteiger partial charge on any atom is -0.130 e. The van der Waals surface area contributed by atoms with Crippen LogP contribution >= 0.6 is 20.3 Å². The van der Waals surface area contributed by atoms with E-state index < -0.39 is 0 Å². The molecule has 0 aliphatic carbocycles. The van der Waals surface area contributed by atoms with Gasteiger partial charge in [0.25, 0.3) is 0 Å². The number of hydrogen-bond donors (Lipinski definition) is 0. The third kappa shape index (κ3) is 3.37. The summed E-state index contributed by atoms with van der Waals surface area (Å²) < 4.78 is 0. The lowest BCUT2D eigenvalue weighted by molar-refractivity contribution is 1.35. The molecule has 0 saturated heterocycles. The fourth-order valence-corrected chi connectivity index (χ4v) is 2.98. The van der Waals surface area contributed by atoms with Crippen molar-refractivity contribution in [1.29, 1.82) is 0 Å². The highest BCUT2D eigenvalue weighted by atomic mass is 32.2. The second kappa shape index (κ2) is 6.08. The largest absolute Gasteiger partial charge is 0.130 e. The van der Waals surface area contributed by atoms with E-state index >= 15 is 0 Å². The van der Waals surface area contributed by atoms with Crippen molar-refractivity contribution < 1.29 is 0 Å². The molecule has 0 saturated carbocycles. The van der Waals surface area contributed by atoms with E-state index in [0.29, 0.717) is 0 Å². The van der Waals surface area contributed by atoms with Crippen LogP contribution < -0.4 is 5.30 Å².